The minimum Gasteiger partial charge on any atom is -0.489 e. The van der Waals surface area contributed by atoms with Crippen LogP contribution in [0.5, 0.6) is 5.75 Å². The van der Waals surface area contributed by atoms with Crippen LogP contribution in [0.25, 0.3) is 0 Å². The molecule has 1 saturated heterocycles. The van der Waals surface area contributed by atoms with Gasteiger partial charge in [0.2, 0.25) is 0 Å². The third kappa shape index (κ3) is 6.15. The summed E-state index contributed by atoms with van der Waals surface area (Å²) in [6.07, 6.45) is 5.61. The van der Waals surface area contributed by atoms with Gasteiger partial charge in [0, 0.05) is 5.02 Å². The van der Waals surface area contributed by atoms with E-state index in [4.69, 9.17) is 16.3 Å². The number of ether oxygens (including phenoxy) is 1. The molecule has 140 valence electrons. The highest BCUT2D eigenvalue weighted by Crippen LogP contribution is 2.24. The second-order valence-corrected chi connectivity index (χ2v) is 7.67. The van der Waals surface area contributed by atoms with Crippen molar-refractivity contribution in [3.63, 3.8) is 0 Å². The first kappa shape index (κ1) is 19.5. The van der Waals surface area contributed by atoms with Gasteiger partial charge in [-0.3, -0.25) is 14.9 Å². The molecule has 1 heterocycles. The van der Waals surface area contributed by atoms with Crippen LogP contribution in [0, 0.1) is 0 Å². The Balaban J connectivity index is 1.37. The predicted molar refractivity (Wildman–Crippen MR) is 109 cm³/mol. The predicted octanol–water partition coefficient (Wildman–Crippen LogP) is 5.50. The zero-order valence-corrected chi connectivity index (χ0v) is 16.3. The summed E-state index contributed by atoms with van der Waals surface area (Å²) in [4.78, 5) is 23.0. The van der Waals surface area contributed by atoms with Gasteiger partial charge in [0.25, 0.3) is 11.1 Å². The molecule has 1 aliphatic heterocycles. The Hall–Kier alpha value is -2.24. The van der Waals surface area contributed by atoms with Crippen LogP contribution >= 0.6 is 23.4 Å². The topological polar surface area (TPSA) is 55.4 Å². The number of nitrogens with one attached hydrogen (secondary N) is 1. The Bertz CT molecular complexity index is 832. The first-order chi connectivity index (χ1) is 13.1. The van der Waals surface area contributed by atoms with Crippen molar-refractivity contribution in [2.24, 2.45) is 0 Å². The molecule has 0 radical (unpaired) electrons. The van der Waals surface area contributed by atoms with Crippen LogP contribution in [0.2, 0.25) is 5.02 Å². The minimum atomic E-state index is -0.287. The van der Waals surface area contributed by atoms with Crippen molar-refractivity contribution in [3.05, 3.63) is 75.7 Å². The number of carbonyl (C=O) groups excluding carboxylic acids is 2. The Morgan fingerprint density at radius 2 is 1.67 bits per heavy atom. The molecular formula is C21H20ClNO3S. The molecule has 2 amide bonds. The van der Waals surface area contributed by atoms with Gasteiger partial charge in [-0.15, -0.1) is 0 Å². The van der Waals surface area contributed by atoms with E-state index in [1.807, 2.05) is 42.5 Å². The fourth-order valence-electron chi connectivity index (χ4n) is 2.67. The fraction of sp³-hybridized carbons (Fsp3) is 0.238. The molecule has 0 spiro atoms. The van der Waals surface area contributed by atoms with Crippen molar-refractivity contribution < 1.29 is 14.3 Å². The maximum atomic E-state index is 11.4. The average molecular weight is 402 g/mol. The summed E-state index contributed by atoms with van der Waals surface area (Å²) < 4.78 is 5.79. The Morgan fingerprint density at radius 1 is 0.963 bits per heavy atom. The number of imide groups is 1. The Morgan fingerprint density at radius 3 is 2.33 bits per heavy atom. The first-order valence-corrected chi connectivity index (χ1v) is 9.99. The molecule has 4 nitrogen and oxygen atoms in total. The van der Waals surface area contributed by atoms with Gasteiger partial charge < -0.3 is 4.74 Å². The molecule has 0 unspecified atom stereocenters. The monoisotopic (exact) mass is 401 g/mol. The van der Waals surface area contributed by atoms with Gasteiger partial charge >= 0.3 is 0 Å². The van der Waals surface area contributed by atoms with Crippen molar-refractivity contribution in [2.45, 2.75) is 32.3 Å². The number of hydrogen-bond acceptors (Lipinski definition) is 4. The van der Waals surface area contributed by atoms with Crippen molar-refractivity contribution in [1.82, 2.24) is 5.32 Å². The summed E-state index contributed by atoms with van der Waals surface area (Å²) in [5.74, 6) is 0.562. The lowest BCUT2D eigenvalue weighted by atomic mass is 10.1. The van der Waals surface area contributed by atoms with Gasteiger partial charge in [0.1, 0.15) is 12.4 Å². The van der Waals surface area contributed by atoms with Crippen LogP contribution in [-0.2, 0) is 17.8 Å². The van der Waals surface area contributed by atoms with Gasteiger partial charge in [-0.25, -0.2) is 0 Å². The molecule has 6 heteroatoms. The van der Waals surface area contributed by atoms with E-state index in [0.717, 1.165) is 53.8 Å². The minimum absolute atomic E-state index is 0.279. The number of unbranched alkanes of at least 4 members (excludes halogenated alkanes) is 2. The van der Waals surface area contributed by atoms with Gasteiger partial charge in [-0.1, -0.05) is 41.9 Å². The lowest BCUT2D eigenvalue weighted by Gasteiger charge is -2.07. The third-order valence-electron chi connectivity index (χ3n) is 4.13. The van der Waals surface area contributed by atoms with E-state index >= 15 is 0 Å². The number of hydrogen-bond donors (Lipinski definition) is 1. The fourth-order valence-corrected chi connectivity index (χ4v) is 3.48. The summed E-state index contributed by atoms with van der Waals surface area (Å²) >= 11 is 6.85. The maximum Gasteiger partial charge on any atom is 0.290 e. The zero-order chi connectivity index (χ0) is 19.1. The van der Waals surface area contributed by atoms with E-state index in [1.54, 1.807) is 0 Å². The Kier molecular flexibility index (Phi) is 6.96. The van der Waals surface area contributed by atoms with Crippen LogP contribution in [0.15, 0.2) is 59.5 Å². The highest BCUT2D eigenvalue weighted by molar-refractivity contribution is 8.18. The number of amides is 2. The molecule has 0 aromatic heterocycles. The number of halogens is 1. The molecule has 0 bridgehead atoms. The van der Waals surface area contributed by atoms with E-state index in [1.165, 1.54) is 5.56 Å². The molecule has 27 heavy (non-hydrogen) atoms. The van der Waals surface area contributed by atoms with Crippen LogP contribution in [0.1, 0.15) is 30.4 Å². The van der Waals surface area contributed by atoms with Crippen LogP contribution in [-0.4, -0.2) is 11.1 Å². The van der Waals surface area contributed by atoms with Crippen LogP contribution in [0.4, 0.5) is 4.79 Å². The van der Waals surface area contributed by atoms with Crippen molar-refractivity contribution in [3.8, 4) is 5.75 Å². The lowest BCUT2D eigenvalue weighted by molar-refractivity contribution is -0.115. The smallest absolute Gasteiger partial charge is 0.290 e. The van der Waals surface area contributed by atoms with Crippen molar-refractivity contribution in [2.75, 3.05) is 0 Å². The highest BCUT2D eigenvalue weighted by Gasteiger charge is 2.24. The average Bonchev–Trinajstić information content (AvgIpc) is 2.99. The number of aryl methyl sites for hydroxylation is 1. The standard InChI is InChI=1S/C21H20ClNO3S/c22-17-10-6-16(7-11-17)14-26-18-12-8-15(9-13-18)4-2-1-3-5-19-20(24)23-21(25)27-19/h5-13H,1-4,14H2,(H,23,24,25). The van der Waals surface area contributed by atoms with Crippen molar-refractivity contribution in [1.29, 1.82) is 0 Å². The van der Waals surface area contributed by atoms with Crippen molar-refractivity contribution >= 4 is 34.5 Å². The summed E-state index contributed by atoms with van der Waals surface area (Å²) in [5, 5.41) is 2.69. The number of carbonyl (C=O) groups is 2. The molecule has 3 rings (SSSR count). The second-order valence-electron chi connectivity index (χ2n) is 6.22. The summed E-state index contributed by atoms with van der Waals surface area (Å²) in [7, 11) is 0. The molecule has 1 N–H and O–H groups in total. The molecule has 0 atom stereocenters. The zero-order valence-electron chi connectivity index (χ0n) is 14.7. The van der Waals surface area contributed by atoms with Gasteiger partial charge in [0.15, 0.2) is 0 Å². The van der Waals surface area contributed by atoms with E-state index in [9.17, 15) is 9.59 Å². The Labute approximate surface area is 167 Å². The summed E-state index contributed by atoms with van der Waals surface area (Å²) in [5.41, 5.74) is 2.33. The van der Waals surface area contributed by atoms with Crippen LogP contribution < -0.4 is 10.1 Å². The number of benzene rings is 2. The molecular weight excluding hydrogens is 382 g/mol. The lowest BCUT2D eigenvalue weighted by Crippen LogP contribution is -2.17. The first-order valence-electron chi connectivity index (χ1n) is 8.80. The molecule has 2 aromatic carbocycles. The number of rotatable bonds is 8. The van der Waals surface area contributed by atoms with E-state index < -0.39 is 0 Å². The summed E-state index contributed by atoms with van der Waals surface area (Å²) in [6.45, 7) is 0.513. The molecule has 0 saturated carbocycles. The normalized spacial score (nSPS) is 15.2. The van der Waals surface area contributed by atoms with E-state index in [0.29, 0.717) is 11.5 Å². The van der Waals surface area contributed by atoms with Gasteiger partial charge in [0.05, 0.1) is 4.91 Å². The third-order valence-corrected chi connectivity index (χ3v) is 5.24. The second kappa shape index (κ2) is 9.62. The van der Waals surface area contributed by atoms with E-state index in [2.05, 4.69) is 17.4 Å². The summed E-state index contributed by atoms with van der Waals surface area (Å²) in [6, 6.07) is 15.7. The van der Waals surface area contributed by atoms with Crippen LogP contribution in [0.3, 0.4) is 0 Å². The van der Waals surface area contributed by atoms with E-state index in [-0.39, 0.29) is 11.1 Å². The number of allylic oxidation sites excluding steroid dienone is 1. The maximum absolute atomic E-state index is 11.4. The highest BCUT2D eigenvalue weighted by atomic mass is 35.5. The molecule has 1 aliphatic rings. The van der Waals surface area contributed by atoms with Gasteiger partial charge in [-0.2, -0.15) is 0 Å². The largest absolute Gasteiger partial charge is 0.489 e. The molecule has 0 aliphatic carbocycles. The SMILES string of the molecule is O=C1NC(=O)C(=CCCCCc2ccc(OCc3ccc(Cl)cc3)cc2)S1. The molecule has 1 fully saturated rings. The van der Waals surface area contributed by atoms with Gasteiger partial charge in [-0.05, 0) is 72.8 Å². The quantitative estimate of drug-likeness (QED) is 0.468. The molecule has 2 aromatic rings. The number of thioether (sulfide) groups is 1.